The summed E-state index contributed by atoms with van der Waals surface area (Å²) in [7, 11) is 1.65. The van der Waals surface area contributed by atoms with Gasteiger partial charge in [0.1, 0.15) is 10.7 Å². The van der Waals surface area contributed by atoms with Crippen molar-refractivity contribution < 1.29 is 4.74 Å². The zero-order valence-electron chi connectivity index (χ0n) is 11.9. The summed E-state index contributed by atoms with van der Waals surface area (Å²) in [6, 6.07) is 0. The topological polar surface area (TPSA) is 44.1 Å². The van der Waals surface area contributed by atoms with E-state index in [1.807, 2.05) is 13.8 Å². The molecule has 0 saturated carbocycles. The van der Waals surface area contributed by atoms with E-state index in [1.54, 1.807) is 23.0 Å². The average Bonchev–Trinajstić information content (AvgIpc) is 2.65. The molecule has 0 amide bonds. The Bertz CT molecular complexity index is 643. The molecule has 0 fully saturated rings. The van der Waals surface area contributed by atoms with Crippen LogP contribution in [0.4, 0.5) is 0 Å². The predicted octanol–water partition coefficient (Wildman–Crippen LogP) is 2.67. The highest BCUT2D eigenvalue weighted by atomic mass is 32.1. The van der Waals surface area contributed by atoms with E-state index in [-0.39, 0.29) is 5.56 Å². The van der Waals surface area contributed by atoms with Crippen LogP contribution in [0.15, 0.2) is 4.79 Å². The van der Waals surface area contributed by atoms with E-state index in [0.717, 1.165) is 34.4 Å². The van der Waals surface area contributed by atoms with Gasteiger partial charge in [-0.3, -0.25) is 9.36 Å². The molecule has 0 aliphatic heterocycles. The Balaban J connectivity index is 2.67. The van der Waals surface area contributed by atoms with Crippen molar-refractivity contribution >= 4 is 21.6 Å². The highest BCUT2D eigenvalue weighted by molar-refractivity contribution is 7.18. The van der Waals surface area contributed by atoms with Crippen LogP contribution >= 0.6 is 11.3 Å². The molecule has 0 radical (unpaired) electrons. The van der Waals surface area contributed by atoms with Gasteiger partial charge in [-0.25, -0.2) is 4.98 Å². The minimum absolute atomic E-state index is 0.0763. The number of aromatic nitrogens is 2. The number of fused-ring (bicyclic) bond motifs is 1. The van der Waals surface area contributed by atoms with Crippen LogP contribution in [0.25, 0.3) is 10.2 Å². The Hall–Kier alpha value is -1.20. The van der Waals surface area contributed by atoms with Gasteiger partial charge in [0.2, 0.25) is 0 Å². The van der Waals surface area contributed by atoms with Crippen LogP contribution < -0.4 is 5.56 Å². The van der Waals surface area contributed by atoms with Crippen LogP contribution in [0.2, 0.25) is 0 Å². The molecule has 0 aromatic carbocycles. The van der Waals surface area contributed by atoms with E-state index < -0.39 is 0 Å². The fraction of sp³-hybridized carbons (Fsp3) is 0.571. The van der Waals surface area contributed by atoms with E-state index in [4.69, 9.17) is 4.74 Å². The summed E-state index contributed by atoms with van der Waals surface area (Å²) >= 11 is 1.61. The summed E-state index contributed by atoms with van der Waals surface area (Å²) in [5.74, 6) is 0.873. The SMILES string of the molecule is CCCc1nc2sc(C)c(C)c2c(=O)n1CCOC. The molecular weight excluding hydrogens is 260 g/mol. The highest BCUT2D eigenvalue weighted by Gasteiger charge is 2.15. The smallest absolute Gasteiger partial charge is 0.262 e. The maximum Gasteiger partial charge on any atom is 0.262 e. The number of rotatable bonds is 5. The molecule has 2 heterocycles. The van der Waals surface area contributed by atoms with Gasteiger partial charge < -0.3 is 4.74 Å². The van der Waals surface area contributed by atoms with Crippen LogP contribution in [0, 0.1) is 13.8 Å². The molecule has 104 valence electrons. The summed E-state index contributed by atoms with van der Waals surface area (Å²) in [6.45, 7) is 7.24. The van der Waals surface area contributed by atoms with Gasteiger partial charge in [0.25, 0.3) is 5.56 Å². The molecule has 0 atom stereocenters. The minimum Gasteiger partial charge on any atom is -0.383 e. The lowest BCUT2D eigenvalue weighted by Crippen LogP contribution is -2.27. The Labute approximate surface area is 117 Å². The lowest BCUT2D eigenvalue weighted by Gasteiger charge is -2.11. The number of hydrogen-bond donors (Lipinski definition) is 0. The molecule has 5 heteroatoms. The quantitative estimate of drug-likeness (QED) is 0.846. The second-order valence-electron chi connectivity index (χ2n) is 4.69. The molecule has 4 nitrogen and oxygen atoms in total. The lowest BCUT2D eigenvalue weighted by atomic mass is 10.2. The summed E-state index contributed by atoms with van der Waals surface area (Å²) in [4.78, 5) is 19.4. The van der Waals surface area contributed by atoms with Crippen molar-refractivity contribution in [1.29, 1.82) is 0 Å². The van der Waals surface area contributed by atoms with Crippen molar-refractivity contribution in [2.45, 2.75) is 40.2 Å². The molecule has 2 aromatic heterocycles. The van der Waals surface area contributed by atoms with Crippen LogP contribution in [0.5, 0.6) is 0 Å². The van der Waals surface area contributed by atoms with Gasteiger partial charge in [-0.15, -0.1) is 11.3 Å². The van der Waals surface area contributed by atoms with Crippen molar-refractivity contribution in [3.8, 4) is 0 Å². The third kappa shape index (κ3) is 2.58. The Morgan fingerprint density at radius 1 is 1.37 bits per heavy atom. The average molecular weight is 280 g/mol. The third-order valence-electron chi connectivity index (χ3n) is 3.36. The zero-order valence-corrected chi connectivity index (χ0v) is 12.8. The zero-order chi connectivity index (χ0) is 14.0. The number of aryl methyl sites for hydroxylation is 3. The van der Waals surface area contributed by atoms with E-state index in [9.17, 15) is 4.79 Å². The first-order chi connectivity index (χ1) is 9.10. The van der Waals surface area contributed by atoms with Crippen LogP contribution in [-0.4, -0.2) is 23.3 Å². The van der Waals surface area contributed by atoms with Gasteiger partial charge >= 0.3 is 0 Å². The number of methoxy groups -OCH3 is 1. The Morgan fingerprint density at radius 2 is 2.11 bits per heavy atom. The second-order valence-corrected chi connectivity index (χ2v) is 5.89. The normalized spacial score (nSPS) is 11.4. The molecule has 0 N–H and O–H groups in total. The van der Waals surface area contributed by atoms with Gasteiger partial charge in [-0.1, -0.05) is 6.92 Å². The van der Waals surface area contributed by atoms with E-state index in [2.05, 4.69) is 11.9 Å². The van der Waals surface area contributed by atoms with Gasteiger partial charge in [0, 0.05) is 18.4 Å². The molecular formula is C14H20N2O2S. The van der Waals surface area contributed by atoms with Crippen molar-refractivity contribution in [3.05, 3.63) is 26.6 Å². The maximum atomic E-state index is 12.6. The minimum atomic E-state index is 0.0763. The molecule has 0 aliphatic rings. The third-order valence-corrected chi connectivity index (χ3v) is 4.46. The number of hydrogen-bond acceptors (Lipinski definition) is 4. The number of nitrogens with zero attached hydrogens (tertiary/aromatic N) is 2. The molecule has 0 spiro atoms. The number of ether oxygens (including phenoxy) is 1. The van der Waals surface area contributed by atoms with Crippen LogP contribution in [0.3, 0.4) is 0 Å². The van der Waals surface area contributed by atoms with E-state index >= 15 is 0 Å². The van der Waals surface area contributed by atoms with E-state index in [0.29, 0.717) is 13.2 Å². The fourth-order valence-corrected chi connectivity index (χ4v) is 3.24. The highest BCUT2D eigenvalue weighted by Crippen LogP contribution is 2.26. The lowest BCUT2D eigenvalue weighted by molar-refractivity contribution is 0.185. The van der Waals surface area contributed by atoms with Gasteiger partial charge in [-0.2, -0.15) is 0 Å². The predicted molar refractivity (Wildman–Crippen MR) is 79.2 cm³/mol. The fourth-order valence-electron chi connectivity index (χ4n) is 2.20. The van der Waals surface area contributed by atoms with Crippen molar-refractivity contribution in [3.63, 3.8) is 0 Å². The summed E-state index contributed by atoms with van der Waals surface area (Å²) < 4.78 is 6.87. The molecule has 0 unspecified atom stereocenters. The molecule has 2 aromatic rings. The largest absolute Gasteiger partial charge is 0.383 e. The van der Waals surface area contributed by atoms with Crippen LogP contribution in [0.1, 0.15) is 29.6 Å². The second kappa shape index (κ2) is 5.84. The summed E-state index contributed by atoms with van der Waals surface area (Å²) in [6.07, 6.45) is 1.80. The van der Waals surface area contributed by atoms with Gasteiger partial charge in [0.05, 0.1) is 18.5 Å². The Morgan fingerprint density at radius 3 is 2.74 bits per heavy atom. The molecule has 19 heavy (non-hydrogen) atoms. The first-order valence-corrected chi connectivity index (χ1v) is 7.40. The summed E-state index contributed by atoms with van der Waals surface area (Å²) in [5, 5.41) is 0.776. The number of thiophene rings is 1. The molecule has 0 saturated heterocycles. The molecule has 0 bridgehead atoms. The van der Waals surface area contributed by atoms with Gasteiger partial charge in [-0.05, 0) is 25.8 Å². The standard InChI is InChI=1S/C14H20N2O2S/c1-5-6-11-15-13-12(9(2)10(3)19-13)14(17)16(11)7-8-18-4/h5-8H2,1-4H3. The van der Waals surface area contributed by atoms with Crippen molar-refractivity contribution in [2.24, 2.45) is 0 Å². The van der Waals surface area contributed by atoms with Crippen molar-refractivity contribution in [1.82, 2.24) is 9.55 Å². The maximum absolute atomic E-state index is 12.6. The summed E-state index contributed by atoms with van der Waals surface area (Å²) in [5.41, 5.74) is 1.14. The van der Waals surface area contributed by atoms with E-state index in [1.165, 1.54) is 4.88 Å². The Kier molecular flexibility index (Phi) is 4.37. The first kappa shape index (κ1) is 14.2. The van der Waals surface area contributed by atoms with Gasteiger partial charge in [0.15, 0.2) is 0 Å². The monoisotopic (exact) mass is 280 g/mol. The van der Waals surface area contributed by atoms with Crippen molar-refractivity contribution in [2.75, 3.05) is 13.7 Å². The van der Waals surface area contributed by atoms with Crippen LogP contribution in [-0.2, 0) is 17.7 Å². The molecule has 2 rings (SSSR count). The first-order valence-electron chi connectivity index (χ1n) is 6.58. The molecule has 0 aliphatic carbocycles.